The van der Waals surface area contributed by atoms with Crippen LogP contribution in [0.5, 0.6) is 5.75 Å². The number of anilines is 1. The molecule has 2 amide bonds. The van der Waals surface area contributed by atoms with Crippen molar-refractivity contribution in [1.29, 1.82) is 0 Å². The molecule has 0 heterocycles. The van der Waals surface area contributed by atoms with E-state index in [1.807, 2.05) is 18.2 Å². The third-order valence-corrected chi connectivity index (χ3v) is 2.72. The second-order valence-corrected chi connectivity index (χ2v) is 4.30. The zero-order valence-corrected chi connectivity index (χ0v) is 11.6. The Labute approximate surface area is 122 Å². The summed E-state index contributed by atoms with van der Waals surface area (Å²) in [6.45, 7) is 0. The Kier molecular flexibility index (Phi) is 4.98. The van der Waals surface area contributed by atoms with Gasteiger partial charge in [0, 0.05) is 17.5 Å². The van der Waals surface area contributed by atoms with Crippen LogP contribution in [0.3, 0.4) is 0 Å². The van der Waals surface area contributed by atoms with Crippen molar-refractivity contribution in [3.8, 4) is 5.75 Å². The topological polar surface area (TPSA) is 76.7 Å². The molecule has 1 aromatic rings. The van der Waals surface area contributed by atoms with E-state index >= 15 is 0 Å². The summed E-state index contributed by atoms with van der Waals surface area (Å²) in [5, 5.41) is 5.13. The van der Waals surface area contributed by atoms with Gasteiger partial charge in [0.2, 0.25) is 0 Å². The van der Waals surface area contributed by atoms with Crippen LogP contribution in [0, 0.1) is 0 Å². The van der Waals surface area contributed by atoms with Crippen LogP contribution in [0.2, 0.25) is 0 Å². The van der Waals surface area contributed by atoms with Gasteiger partial charge >= 0.3 is 12.2 Å². The molecule has 0 bridgehead atoms. The molecule has 0 spiro atoms. The SMILES string of the molecule is COC(=O)Nc1cccc(OC(=O)NC2=CCCC=C2)c1. The van der Waals surface area contributed by atoms with Crippen LogP contribution in [-0.4, -0.2) is 19.3 Å². The fourth-order valence-corrected chi connectivity index (χ4v) is 1.76. The van der Waals surface area contributed by atoms with Gasteiger partial charge in [-0.1, -0.05) is 18.2 Å². The highest BCUT2D eigenvalue weighted by atomic mass is 16.6. The molecule has 6 nitrogen and oxygen atoms in total. The molecule has 6 heteroatoms. The average molecular weight is 288 g/mol. The Hall–Kier alpha value is -2.76. The average Bonchev–Trinajstić information content (AvgIpc) is 2.48. The number of allylic oxidation sites excluding steroid dienone is 3. The predicted octanol–water partition coefficient (Wildman–Crippen LogP) is 3.19. The lowest BCUT2D eigenvalue weighted by atomic mass is 10.1. The van der Waals surface area contributed by atoms with Gasteiger partial charge < -0.3 is 9.47 Å². The second-order valence-electron chi connectivity index (χ2n) is 4.30. The van der Waals surface area contributed by atoms with Crippen LogP contribution in [0.25, 0.3) is 0 Å². The minimum absolute atomic E-state index is 0.321. The summed E-state index contributed by atoms with van der Waals surface area (Å²) >= 11 is 0. The van der Waals surface area contributed by atoms with Gasteiger partial charge in [-0.05, 0) is 31.1 Å². The molecule has 1 aliphatic carbocycles. The fraction of sp³-hybridized carbons (Fsp3) is 0.200. The molecule has 1 aliphatic rings. The molecule has 0 radical (unpaired) electrons. The number of hydrogen-bond donors (Lipinski definition) is 2. The quantitative estimate of drug-likeness (QED) is 0.895. The third kappa shape index (κ3) is 4.68. The minimum atomic E-state index is -0.589. The molecule has 21 heavy (non-hydrogen) atoms. The van der Waals surface area contributed by atoms with Crippen molar-refractivity contribution in [2.75, 3.05) is 12.4 Å². The molecule has 1 aromatic carbocycles. The molecule has 0 atom stereocenters. The number of carbonyl (C=O) groups excluding carboxylic acids is 2. The van der Waals surface area contributed by atoms with E-state index in [4.69, 9.17) is 4.74 Å². The first-order valence-electron chi connectivity index (χ1n) is 6.48. The molecule has 110 valence electrons. The highest BCUT2D eigenvalue weighted by Crippen LogP contribution is 2.18. The summed E-state index contributed by atoms with van der Waals surface area (Å²) in [6, 6.07) is 6.47. The Morgan fingerprint density at radius 1 is 1.14 bits per heavy atom. The number of methoxy groups -OCH3 is 1. The van der Waals surface area contributed by atoms with Crippen LogP contribution in [0.15, 0.2) is 48.2 Å². The number of ether oxygens (including phenoxy) is 2. The number of hydrogen-bond acceptors (Lipinski definition) is 4. The van der Waals surface area contributed by atoms with Crippen molar-refractivity contribution in [2.24, 2.45) is 0 Å². The lowest BCUT2D eigenvalue weighted by Gasteiger charge is -2.10. The standard InChI is InChI=1S/C15H16N2O4/c1-20-14(18)17-12-8-5-9-13(10-12)21-15(19)16-11-6-3-2-4-7-11/h3,5-10H,2,4H2,1H3,(H,16,19)(H,17,18). The first kappa shape index (κ1) is 14.6. The monoisotopic (exact) mass is 288 g/mol. The molecule has 2 N–H and O–H groups in total. The van der Waals surface area contributed by atoms with Crippen LogP contribution in [-0.2, 0) is 4.74 Å². The van der Waals surface area contributed by atoms with E-state index in [1.165, 1.54) is 13.2 Å². The molecule has 2 rings (SSSR count). The zero-order valence-electron chi connectivity index (χ0n) is 11.6. The van der Waals surface area contributed by atoms with Gasteiger partial charge in [-0.3, -0.25) is 10.6 Å². The lowest BCUT2D eigenvalue weighted by molar-refractivity contribution is 0.187. The Morgan fingerprint density at radius 3 is 2.71 bits per heavy atom. The predicted molar refractivity (Wildman–Crippen MR) is 78.1 cm³/mol. The number of nitrogens with one attached hydrogen (secondary N) is 2. The first-order valence-corrected chi connectivity index (χ1v) is 6.48. The van der Waals surface area contributed by atoms with Crippen LogP contribution in [0.1, 0.15) is 12.8 Å². The van der Waals surface area contributed by atoms with Crippen molar-refractivity contribution >= 4 is 17.9 Å². The van der Waals surface area contributed by atoms with E-state index in [2.05, 4.69) is 15.4 Å². The van der Waals surface area contributed by atoms with E-state index in [-0.39, 0.29) is 0 Å². The van der Waals surface area contributed by atoms with Crippen molar-refractivity contribution in [2.45, 2.75) is 12.8 Å². The third-order valence-electron chi connectivity index (χ3n) is 2.72. The summed E-state index contributed by atoms with van der Waals surface area (Å²) < 4.78 is 9.65. The van der Waals surface area contributed by atoms with Crippen LogP contribution >= 0.6 is 0 Å². The largest absolute Gasteiger partial charge is 0.453 e. The van der Waals surface area contributed by atoms with E-state index in [0.29, 0.717) is 11.4 Å². The Bertz CT molecular complexity index is 593. The van der Waals surface area contributed by atoms with Gasteiger partial charge in [0.25, 0.3) is 0 Å². The number of carbonyl (C=O) groups is 2. The minimum Gasteiger partial charge on any atom is -0.453 e. The maximum atomic E-state index is 11.8. The Morgan fingerprint density at radius 2 is 2.00 bits per heavy atom. The highest BCUT2D eigenvalue weighted by Gasteiger charge is 2.08. The van der Waals surface area contributed by atoms with E-state index in [1.54, 1.807) is 18.2 Å². The molecule has 0 saturated carbocycles. The molecule has 0 aromatic heterocycles. The number of rotatable bonds is 3. The van der Waals surface area contributed by atoms with Gasteiger partial charge in [-0.15, -0.1) is 0 Å². The molecule has 0 fully saturated rings. The highest BCUT2D eigenvalue weighted by molar-refractivity contribution is 5.85. The summed E-state index contributed by atoms with van der Waals surface area (Å²) in [5.41, 5.74) is 1.19. The van der Waals surface area contributed by atoms with Gasteiger partial charge in [0.05, 0.1) is 7.11 Å². The lowest BCUT2D eigenvalue weighted by Crippen LogP contribution is -2.26. The van der Waals surface area contributed by atoms with Crippen LogP contribution in [0.4, 0.5) is 15.3 Å². The van der Waals surface area contributed by atoms with E-state index in [0.717, 1.165) is 18.5 Å². The molecular formula is C15H16N2O4. The summed E-state index contributed by atoms with van der Waals surface area (Å²) in [7, 11) is 1.27. The fourth-order valence-electron chi connectivity index (χ4n) is 1.76. The Balaban J connectivity index is 1.94. The normalized spacial score (nSPS) is 13.1. The maximum absolute atomic E-state index is 11.8. The van der Waals surface area contributed by atoms with E-state index in [9.17, 15) is 9.59 Å². The summed E-state index contributed by atoms with van der Waals surface area (Å²) in [5.74, 6) is 0.321. The van der Waals surface area contributed by atoms with E-state index < -0.39 is 12.2 Å². The molecule has 0 unspecified atom stereocenters. The summed E-state index contributed by atoms with van der Waals surface area (Å²) in [6.07, 6.45) is 6.44. The number of amides is 2. The number of benzene rings is 1. The molecule has 0 saturated heterocycles. The zero-order chi connectivity index (χ0) is 15.1. The summed E-state index contributed by atoms with van der Waals surface area (Å²) in [4.78, 5) is 22.9. The van der Waals surface area contributed by atoms with Gasteiger partial charge in [-0.2, -0.15) is 0 Å². The van der Waals surface area contributed by atoms with Gasteiger partial charge in [-0.25, -0.2) is 9.59 Å². The van der Waals surface area contributed by atoms with Gasteiger partial charge in [0.15, 0.2) is 0 Å². The van der Waals surface area contributed by atoms with Crippen molar-refractivity contribution in [1.82, 2.24) is 5.32 Å². The van der Waals surface area contributed by atoms with Crippen LogP contribution < -0.4 is 15.4 Å². The van der Waals surface area contributed by atoms with Crippen molar-refractivity contribution in [3.05, 3.63) is 48.2 Å². The van der Waals surface area contributed by atoms with Crippen molar-refractivity contribution in [3.63, 3.8) is 0 Å². The molecular weight excluding hydrogens is 272 g/mol. The first-order chi connectivity index (χ1) is 10.2. The smallest absolute Gasteiger partial charge is 0.417 e. The van der Waals surface area contributed by atoms with Gasteiger partial charge in [0.1, 0.15) is 5.75 Å². The second kappa shape index (κ2) is 7.14. The van der Waals surface area contributed by atoms with Crippen molar-refractivity contribution < 1.29 is 19.1 Å². The maximum Gasteiger partial charge on any atom is 0.417 e. The molecule has 0 aliphatic heterocycles.